The lowest BCUT2D eigenvalue weighted by Gasteiger charge is -2.06. The molecule has 0 spiro atoms. The number of H-pyrrole nitrogens is 1. The van der Waals surface area contributed by atoms with Crippen LogP contribution in [0.1, 0.15) is 12.8 Å². The minimum absolute atomic E-state index is 0.174. The molecule has 1 aliphatic heterocycles. The van der Waals surface area contributed by atoms with E-state index in [0.29, 0.717) is 6.61 Å². The second-order valence-corrected chi connectivity index (χ2v) is 3.04. The summed E-state index contributed by atoms with van der Waals surface area (Å²) < 4.78 is 5.18. The van der Waals surface area contributed by atoms with E-state index in [4.69, 9.17) is 10.5 Å². The average Bonchev–Trinajstić information content (AvgIpc) is 2.75. The first kappa shape index (κ1) is 8.95. The number of rotatable bonds is 2. The van der Waals surface area contributed by atoms with E-state index < -0.39 is 0 Å². The summed E-state index contributed by atoms with van der Waals surface area (Å²) >= 11 is 0. The molecule has 1 aromatic rings. The van der Waals surface area contributed by atoms with Gasteiger partial charge in [0, 0.05) is 6.61 Å². The van der Waals surface area contributed by atoms with Gasteiger partial charge >= 0.3 is 0 Å². The topological polar surface area (TPSA) is 106 Å². The second kappa shape index (κ2) is 3.62. The molecular formula is C7H11N5O2. The van der Waals surface area contributed by atoms with E-state index in [-0.39, 0.29) is 23.9 Å². The van der Waals surface area contributed by atoms with Gasteiger partial charge < -0.3 is 10.5 Å². The van der Waals surface area contributed by atoms with E-state index in [2.05, 4.69) is 20.5 Å². The normalized spacial score (nSPS) is 21.0. The summed E-state index contributed by atoms with van der Waals surface area (Å²) in [7, 11) is 0. The van der Waals surface area contributed by atoms with Gasteiger partial charge in [0.2, 0.25) is 11.9 Å². The first-order valence-corrected chi connectivity index (χ1v) is 4.36. The number of nitrogens with zero attached hydrogens (tertiary/aromatic N) is 2. The van der Waals surface area contributed by atoms with E-state index in [1.807, 2.05) is 0 Å². The number of nitrogens with one attached hydrogen (secondary N) is 2. The number of aromatic nitrogens is 3. The van der Waals surface area contributed by atoms with Crippen molar-refractivity contribution < 1.29 is 9.53 Å². The molecule has 4 N–H and O–H groups in total. The summed E-state index contributed by atoms with van der Waals surface area (Å²) in [4.78, 5) is 15.2. The van der Waals surface area contributed by atoms with Crippen LogP contribution >= 0.6 is 0 Å². The van der Waals surface area contributed by atoms with Crippen molar-refractivity contribution in [2.75, 3.05) is 17.7 Å². The molecule has 1 fully saturated rings. The summed E-state index contributed by atoms with van der Waals surface area (Å²) in [6, 6.07) is 0. The number of ether oxygens (including phenoxy) is 1. The SMILES string of the molecule is Nc1nc(NC(=O)C2CCCO2)n[nH]1. The first-order valence-electron chi connectivity index (χ1n) is 4.36. The van der Waals surface area contributed by atoms with Crippen molar-refractivity contribution in [1.82, 2.24) is 15.2 Å². The van der Waals surface area contributed by atoms with E-state index in [1.165, 1.54) is 0 Å². The third-order valence-corrected chi connectivity index (χ3v) is 1.96. The van der Waals surface area contributed by atoms with Crippen molar-refractivity contribution in [3.63, 3.8) is 0 Å². The van der Waals surface area contributed by atoms with Gasteiger partial charge in [-0.15, -0.1) is 5.10 Å². The van der Waals surface area contributed by atoms with Crippen molar-refractivity contribution in [3.05, 3.63) is 0 Å². The molecule has 1 unspecified atom stereocenters. The zero-order valence-corrected chi connectivity index (χ0v) is 7.49. The lowest BCUT2D eigenvalue weighted by atomic mass is 10.2. The molecule has 7 nitrogen and oxygen atoms in total. The minimum atomic E-state index is -0.380. The van der Waals surface area contributed by atoms with Crippen molar-refractivity contribution in [3.8, 4) is 0 Å². The van der Waals surface area contributed by atoms with Crippen LogP contribution in [0.2, 0.25) is 0 Å². The third-order valence-electron chi connectivity index (χ3n) is 1.96. The summed E-state index contributed by atoms with van der Waals surface area (Å²) in [6.07, 6.45) is 1.27. The molecule has 0 aliphatic carbocycles. The third kappa shape index (κ3) is 1.82. The van der Waals surface area contributed by atoms with Crippen LogP contribution in [0.5, 0.6) is 0 Å². The monoisotopic (exact) mass is 197 g/mol. The van der Waals surface area contributed by atoms with Gasteiger partial charge in [-0.1, -0.05) is 0 Å². The Bertz CT molecular complexity index is 331. The Morgan fingerprint density at radius 2 is 2.57 bits per heavy atom. The van der Waals surface area contributed by atoms with Gasteiger partial charge in [0.1, 0.15) is 6.10 Å². The van der Waals surface area contributed by atoms with Crippen molar-refractivity contribution in [1.29, 1.82) is 0 Å². The molecule has 7 heteroatoms. The molecule has 0 bridgehead atoms. The molecule has 14 heavy (non-hydrogen) atoms. The fraction of sp³-hybridized carbons (Fsp3) is 0.571. The predicted octanol–water partition coefficient (Wildman–Crippen LogP) is -0.496. The Hall–Kier alpha value is -1.63. The number of hydrogen-bond donors (Lipinski definition) is 3. The van der Waals surface area contributed by atoms with E-state index in [1.54, 1.807) is 0 Å². The number of carbonyl (C=O) groups is 1. The fourth-order valence-corrected chi connectivity index (χ4v) is 1.31. The zero-order valence-electron chi connectivity index (χ0n) is 7.49. The van der Waals surface area contributed by atoms with Crippen molar-refractivity contribution in [2.45, 2.75) is 18.9 Å². The van der Waals surface area contributed by atoms with Crippen LogP contribution in [0.15, 0.2) is 0 Å². The molecule has 1 saturated heterocycles. The van der Waals surface area contributed by atoms with Gasteiger partial charge in [0.05, 0.1) is 0 Å². The Kier molecular flexibility index (Phi) is 2.32. The summed E-state index contributed by atoms with van der Waals surface area (Å²) in [6.45, 7) is 0.633. The molecule has 2 rings (SSSR count). The van der Waals surface area contributed by atoms with E-state index in [0.717, 1.165) is 12.8 Å². The summed E-state index contributed by atoms with van der Waals surface area (Å²) in [5.41, 5.74) is 5.30. The van der Waals surface area contributed by atoms with Crippen LogP contribution < -0.4 is 11.1 Å². The highest BCUT2D eigenvalue weighted by Crippen LogP contribution is 2.13. The highest BCUT2D eigenvalue weighted by atomic mass is 16.5. The van der Waals surface area contributed by atoms with Gasteiger partial charge in [-0.2, -0.15) is 4.98 Å². The molecule has 0 aromatic carbocycles. The maximum atomic E-state index is 11.5. The molecule has 0 radical (unpaired) electrons. The van der Waals surface area contributed by atoms with Gasteiger partial charge in [0.25, 0.3) is 5.91 Å². The summed E-state index contributed by atoms with van der Waals surface area (Å²) in [5, 5.41) is 8.61. The standard InChI is InChI=1S/C7H11N5O2/c8-6-10-7(12-11-6)9-5(13)4-2-1-3-14-4/h4H,1-3H2,(H4,8,9,10,11,12,13). The van der Waals surface area contributed by atoms with E-state index >= 15 is 0 Å². The molecular weight excluding hydrogens is 186 g/mol. The highest BCUT2D eigenvalue weighted by Gasteiger charge is 2.24. The van der Waals surface area contributed by atoms with Crippen LogP contribution in [0.4, 0.5) is 11.9 Å². The quantitative estimate of drug-likeness (QED) is 0.592. The minimum Gasteiger partial charge on any atom is -0.368 e. The van der Waals surface area contributed by atoms with Crippen molar-refractivity contribution >= 4 is 17.8 Å². The molecule has 1 aromatic heterocycles. The van der Waals surface area contributed by atoms with Crippen LogP contribution in [0.25, 0.3) is 0 Å². The lowest BCUT2D eigenvalue weighted by Crippen LogP contribution is -2.27. The Morgan fingerprint density at radius 3 is 3.14 bits per heavy atom. The lowest BCUT2D eigenvalue weighted by molar-refractivity contribution is -0.124. The molecule has 1 atom stereocenters. The maximum absolute atomic E-state index is 11.5. The van der Waals surface area contributed by atoms with Gasteiger partial charge in [0.15, 0.2) is 0 Å². The number of amides is 1. The smallest absolute Gasteiger partial charge is 0.255 e. The second-order valence-electron chi connectivity index (χ2n) is 3.04. The predicted molar refractivity (Wildman–Crippen MR) is 48.4 cm³/mol. The highest BCUT2D eigenvalue weighted by molar-refractivity contribution is 5.92. The largest absolute Gasteiger partial charge is 0.368 e. The average molecular weight is 197 g/mol. The number of hydrogen-bond acceptors (Lipinski definition) is 5. The van der Waals surface area contributed by atoms with E-state index in [9.17, 15) is 4.79 Å². The maximum Gasteiger partial charge on any atom is 0.255 e. The molecule has 1 amide bonds. The zero-order chi connectivity index (χ0) is 9.97. The number of aromatic amines is 1. The molecule has 2 heterocycles. The number of anilines is 2. The van der Waals surface area contributed by atoms with Gasteiger partial charge in [-0.25, -0.2) is 5.10 Å². The summed E-state index contributed by atoms with van der Waals surface area (Å²) in [5.74, 6) is 0.136. The molecule has 76 valence electrons. The fourth-order valence-electron chi connectivity index (χ4n) is 1.31. The van der Waals surface area contributed by atoms with Gasteiger partial charge in [-0.3, -0.25) is 10.1 Å². The van der Waals surface area contributed by atoms with Crippen LogP contribution in [-0.4, -0.2) is 33.8 Å². The number of nitrogens with two attached hydrogens (primary N) is 1. The van der Waals surface area contributed by atoms with Crippen LogP contribution in [-0.2, 0) is 9.53 Å². The van der Waals surface area contributed by atoms with Gasteiger partial charge in [-0.05, 0) is 12.8 Å². The molecule has 1 aliphatic rings. The number of nitrogen functional groups attached to an aromatic ring is 1. The molecule has 0 saturated carbocycles. The Morgan fingerprint density at radius 1 is 1.71 bits per heavy atom. The van der Waals surface area contributed by atoms with Crippen LogP contribution in [0, 0.1) is 0 Å². The van der Waals surface area contributed by atoms with Crippen LogP contribution in [0.3, 0.4) is 0 Å². The first-order chi connectivity index (χ1) is 6.75. The Labute approximate surface area is 80.0 Å². The Balaban J connectivity index is 1.93. The van der Waals surface area contributed by atoms with Crippen molar-refractivity contribution in [2.24, 2.45) is 0 Å². The number of carbonyl (C=O) groups excluding carboxylic acids is 1.